The van der Waals surface area contributed by atoms with Gasteiger partial charge < -0.3 is 20.0 Å². The van der Waals surface area contributed by atoms with Gasteiger partial charge in [0.1, 0.15) is 6.26 Å². The Labute approximate surface area is 190 Å². The smallest absolute Gasteiger partial charge is 0.360 e. The summed E-state index contributed by atoms with van der Waals surface area (Å²) in [5.41, 5.74) is 6.47. The summed E-state index contributed by atoms with van der Waals surface area (Å²) in [6.07, 6.45) is 11.1. The van der Waals surface area contributed by atoms with Gasteiger partial charge in [-0.15, -0.1) is 0 Å². The summed E-state index contributed by atoms with van der Waals surface area (Å²) >= 11 is 0. The number of hydrogen-bond acceptors (Lipinski definition) is 6. The van der Waals surface area contributed by atoms with Gasteiger partial charge in [0.25, 0.3) is 0 Å². The van der Waals surface area contributed by atoms with Crippen LogP contribution in [0.5, 0.6) is 0 Å². The van der Waals surface area contributed by atoms with Crippen molar-refractivity contribution in [1.82, 2.24) is 4.98 Å². The van der Waals surface area contributed by atoms with E-state index < -0.39 is 5.97 Å². The molecule has 0 radical (unpaired) electrons. The van der Waals surface area contributed by atoms with Crippen LogP contribution < -0.4 is 5.73 Å². The van der Waals surface area contributed by atoms with Crippen LogP contribution in [0.2, 0.25) is 0 Å². The fourth-order valence-electron chi connectivity index (χ4n) is 4.04. The van der Waals surface area contributed by atoms with E-state index in [4.69, 9.17) is 20.0 Å². The monoisotopic (exact) mass is 444 g/mol. The Balaban J connectivity index is 0.000000380. The number of carbonyl (C=O) groups excluding carboxylic acids is 2. The lowest BCUT2D eigenvalue weighted by Gasteiger charge is -2.22. The molecule has 1 aromatic carbocycles. The van der Waals surface area contributed by atoms with Crippen molar-refractivity contribution >= 4 is 11.9 Å². The lowest BCUT2D eigenvalue weighted by molar-refractivity contribution is -0.118. The summed E-state index contributed by atoms with van der Waals surface area (Å²) in [5.74, 6) is 0.142. The molecule has 32 heavy (non-hydrogen) atoms. The second-order valence-corrected chi connectivity index (χ2v) is 8.24. The quantitative estimate of drug-likeness (QED) is 0.511. The molecule has 176 valence electrons. The molecule has 1 aliphatic rings. The molecule has 3 N–H and O–H groups in total. The number of nitrogens with zero attached hydrogens (tertiary/aromatic N) is 1. The molecule has 1 atom stereocenters. The first-order valence-corrected chi connectivity index (χ1v) is 11.6. The summed E-state index contributed by atoms with van der Waals surface area (Å²) in [5, 5.41) is 8.54. The molecule has 1 aliphatic carbocycles. The van der Waals surface area contributed by atoms with Crippen LogP contribution in [0.25, 0.3) is 0 Å². The Morgan fingerprint density at radius 3 is 2.53 bits per heavy atom. The van der Waals surface area contributed by atoms with E-state index in [1.807, 2.05) is 30.3 Å². The SMILES string of the molecule is CCOC(=O)c1coc([C@H](CCCC2CCCCC2)CC(N)=O)n1.OCc1ccccc1. The molecular weight excluding hydrogens is 408 g/mol. The first-order valence-electron chi connectivity index (χ1n) is 11.6. The highest BCUT2D eigenvalue weighted by Gasteiger charge is 2.23. The number of aromatic nitrogens is 1. The third-order valence-electron chi connectivity index (χ3n) is 5.72. The number of rotatable bonds is 10. The highest BCUT2D eigenvalue weighted by molar-refractivity contribution is 5.86. The van der Waals surface area contributed by atoms with Crippen LogP contribution in [-0.2, 0) is 16.1 Å². The zero-order valence-electron chi connectivity index (χ0n) is 19.0. The van der Waals surface area contributed by atoms with Gasteiger partial charge in [0.05, 0.1) is 13.2 Å². The molecule has 1 saturated carbocycles. The first-order chi connectivity index (χ1) is 15.5. The number of hydrogen-bond donors (Lipinski definition) is 2. The minimum absolute atomic E-state index is 0.140. The predicted octanol–water partition coefficient (Wildman–Crippen LogP) is 4.74. The number of ether oxygens (including phenoxy) is 1. The molecule has 0 spiro atoms. The molecular formula is C25H36N2O5. The molecule has 2 aromatic rings. The zero-order valence-corrected chi connectivity index (χ0v) is 19.0. The fraction of sp³-hybridized carbons (Fsp3) is 0.560. The van der Waals surface area contributed by atoms with E-state index >= 15 is 0 Å². The van der Waals surface area contributed by atoms with Crippen LogP contribution >= 0.6 is 0 Å². The van der Waals surface area contributed by atoms with E-state index in [1.54, 1.807) is 6.92 Å². The minimum atomic E-state index is -0.507. The van der Waals surface area contributed by atoms with Crippen molar-refractivity contribution in [1.29, 1.82) is 0 Å². The van der Waals surface area contributed by atoms with Gasteiger partial charge in [-0.2, -0.15) is 0 Å². The van der Waals surface area contributed by atoms with Crippen LogP contribution in [0, 0.1) is 5.92 Å². The van der Waals surface area contributed by atoms with Crippen LogP contribution in [0.15, 0.2) is 41.0 Å². The molecule has 0 bridgehead atoms. The molecule has 1 fully saturated rings. The van der Waals surface area contributed by atoms with Crippen molar-refractivity contribution in [3.05, 3.63) is 53.7 Å². The maximum absolute atomic E-state index is 11.7. The van der Waals surface area contributed by atoms with Crippen molar-refractivity contribution in [3.63, 3.8) is 0 Å². The number of carbonyl (C=O) groups is 2. The number of aliphatic hydroxyl groups excluding tert-OH is 1. The van der Waals surface area contributed by atoms with Crippen molar-refractivity contribution in [2.45, 2.75) is 77.2 Å². The topological polar surface area (TPSA) is 116 Å². The van der Waals surface area contributed by atoms with Crippen LogP contribution in [0.1, 0.15) is 92.6 Å². The number of benzene rings is 1. The number of aliphatic hydroxyl groups is 1. The van der Waals surface area contributed by atoms with Crippen molar-refractivity contribution in [2.75, 3.05) is 6.61 Å². The average molecular weight is 445 g/mol. The molecule has 1 aromatic heterocycles. The third-order valence-corrected chi connectivity index (χ3v) is 5.72. The Kier molecular flexibility index (Phi) is 11.5. The highest BCUT2D eigenvalue weighted by atomic mass is 16.5. The number of nitrogens with two attached hydrogens (primary N) is 1. The summed E-state index contributed by atoms with van der Waals surface area (Å²) in [6, 6.07) is 9.52. The van der Waals surface area contributed by atoms with Gasteiger partial charge in [-0.3, -0.25) is 4.79 Å². The van der Waals surface area contributed by atoms with Crippen LogP contribution in [-0.4, -0.2) is 28.6 Å². The molecule has 7 heteroatoms. The fourth-order valence-corrected chi connectivity index (χ4v) is 4.04. The Hall–Kier alpha value is -2.67. The molecule has 1 heterocycles. The lowest BCUT2D eigenvalue weighted by atomic mass is 9.84. The second kappa shape index (κ2) is 14.4. The van der Waals surface area contributed by atoms with E-state index in [2.05, 4.69) is 4.98 Å². The summed E-state index contributed by atoms with van der Waals surface area (Å²) in [6.45, 7) is 2.16. The minimum Gasteiger partial charge on any atom is -0.461 e. The van der Waals surface area contributed by atoms with E-state index in [0.29, 0.717) is 5.89 Å². The predicted molar refractivity (Wildman–Crippen MR) is 122 cm³/mol. The number of esters is 1. The number of oxazole rings is 1. The summed E-state index contributed by atoms with van der Waals surface area (Å²) < 4.78 is 10.3. The van der Waals surface area contributed by atoms with Gasteiger partial charge in [0.15, 0.2) is 11.6 Å². The standard InChI is InChI=1S/C18H28N2O4.C7H8O/c1-2-23-18(22)15-12-24-17(20-15)14(11-16(19)21)10-6-9-13-7-4-3-5-8-13;8-6-7-4-2-1-3-5-7/h12-14H,2-11H2,1H3,(H2,19,21);1-5,8H,6H2/t14-;/m1./s1. The molecule has 7 nitrogen and oxygen atoms in total. The lowest BCUT2D eigenvalue weighted by Crippen LogP contribution is -2.16. The van der Waals surface area contributed by atoms with E-state index in [1.165, 1.54) is 44.8 Å². The first kappa shape index (κ1) is 25.6. The van der Waals surface area contributed by atoms with Gasteiger partial charge in [-0.1, -0.05) is 75.3 Å². The largest absolute Gasteiger partial charge is 0.461 e. The molecule has 1 amide bonds. The van der Waals surface area contributed by atoms with E-state index in [9.17, 15) is 9.59 Å². The molecule has 0 saturated heterocycles. The van der Waals surface area contributed by atoms with Crippen LogP contribution in [0.3, 0.4) is 0 Å². The molecule has 3 rings (SSSR count). The normalized spacial score (nSPS) is 14.8. The summed E-state index contributed by atoms with van der Waals surface area (Å²) in [4.78, 5) is 27.2. The van der Waals surface area contributed by atoms with Crippen LogP contribution in [0.4, 0.5) is 0 Å². The number of amides is 1. The third kappa shape index (κ3) is 9.22. The average Bonchev–Trinajstić information content (AvgIpc) is 3.30. The number of primary amides is 1. The molecule has 0 aliphatic heterocycles. The Morgan fingerprint density at radius 1 is 1.22 bits per heavy atom. The van der Waals surface area contributed by atoms with Crippen molar-refractivity contribution < 1.29 is 23.8 Å². The molecule has 0 unspecified atom stereocenters. The maximum atomic E-state index is 11.7. The van der Waals surface area contributed by atoms with Crippen molar-refractivity contribution in [2.24, 2.45) is 11.7 Å². The van der Waals surface area contributed by atoms with E-state index in [-0.39, 0.29) is 37.2 Å². The van der Waals surface area contributed by atoms with Gasteiger partial charge in [-0.25, -0.2) is 9.78 Å². The van der Waals surface area contributed by atoms with Gasteiger partial charge in [0, 0.05) is 12.3 Å². The van der Waals surface area contributed by atoms with E-state index in [0.717, 1.165) is 24.3 Å². The Morgan fingerprint density at radius 2 is 1.94 bits per heavy atom. The highest BCUT2D eigenvalue weighted by Crippen LogP contribution is 2.31. The van der Waals surface area contributed by atoms with Gasteiger partial charge >= 0.3 is 5.97 Å². The van der Waals surface area contributed by atoms with Gasteiger partial charge in [0.2, 0.25) is 5.91 Å². The van der Waals surface area contributed by atoms with Crippen molar-refractivity contribution in [3.8, 4) is 0 Å². The van der Waals surface area contributed by atoms with Gasteiger partial charge in [-0.05, 0) is 24.8 Å². The maximum Gasteiger partial charge on any atom is 0.360 e. The Bertz CT molecular complexity index is 800. The zero-order chi connectivity index (χ0) is 23.2. The summed E-state index contributed by atoms with van der Waals surface area (Å²) in [7, 11) is 0. The second-order valence-electron chi connectivity index (χ2n) is 8.24.